The Kier molecular flexibility index (Phi) is 5.09. The first-order valence-electron chi connectivity index (χ1n) is 7.05. The molecule has 0 saturated carbocycles. The Morgan fingerprint density at radius 3 is 2.76 bits per heavy atom. The van der Waals surface area contributed by atoms with Crippen molar-refractivity contribution in [1.29, 1.82) is 0 Å². The standard InChI is InChI=1S/C16H20FN3O/c1-4-21-16-12(3)15(19-10-20-16)18-8-7-13-5-6-14(17)9-11(13)2/h5-6,9-10H,4,7-8H2,1-3H3,(H,18,19,20). The summed E-state index contributed by atoms with van der Waals surface area (Å²) in [6, 6.07) is 4.87. The monoisotopic (exact) mass is 289 g/mol. The molecular weight excluding hydrogens is 269 g/mol. The maximum Gasteiger partial charge on any atom is 0.221 e. The zero-order valence-corrected chi connectivity index (χ0v) is 12.6. The zero-order valence-electron chi connectivity index (χ0n) is 12.6. The molecule has 0 radical (unpaired) electrons. The van der Waals surface area contributed by atoms with Gasteiger partial charge in [0.2, 0.25) is 5.88 Å². The Bertz CT molecular complexity index is 616. The van der Waals surface area contributed by atoms with Crippen LogP contribution in [-0.2, 0) is 6.42 Å². The number of benzene rings is 1. The molecule has 0 unspecified atom stereocenters. The summed E-state index contributed by atoms with van der Waals surface area (Å²) < 4.78 is 18.5. The van der Waals surface area contributed by atoms with Gasteiger partial charge in [0.25, 0.3) is 0 Å². The van der Waals surface area contributed by atoms with Crippen molar-refractivity contribution >= 4 is 5.82 Å². The van der Waals surface area contributed by atoms with Crippen LogP contribution in [0.15, 0.2) is 24.5 Å². The summed E-state index contributed by atoms with van der Waals surface area (Å²) >= 11 is 0. The highest BCUT2D eigenvalue weighted by molar-refractivity contribution is 5.47. The van der Waals surface area contributed by atoms with Gasteiger partial charge in [-0.15, -0.1) is 0 Å². The molecule has 2 rings (SSSR count). The minimum atomic E-state index is -0.197. The molecular formula is C16H20FN3O. The SMILES string of the molecule is CCOc1ncnc(NCCc2ccc(F)cc2C)c1C. The number of anilines is 1. The zero-order chi connectivity index (χ0) is 15.2. The number of hydrogen-bond acceptors (Lipinski definition) is 4. The van der Waals surface area contributed by atoms with Crippen LogP contribution in [0.4, 0.5) is 10.2 Å². The molecule has 21 heavy (non-hydrogen) atoms. The van der Waals surface area contributed by atoms with Gasteiger partial charge in [-0.3, -0.25) is 0 Å². The van der Waals surface area contributed by atoms with Gasteiger partial charge in [-0.1, -0.05) is 6.07 Å². The maximum atomic E-state index is 13.1. The number of rotatable bonds is 6. The van der Waals surface area contributed by atoms with Crippen molar-refractivity contribution in [2.75, 3.05) is 18.5 Å². The highest BCUT2D eigenvalue weighted by atomic mass is 19.1. The van der Waals surface area contributed by atoms with Crippen LogP contribution in [0.5, 0.6) is 5.88 Å². The molecule has 0 aliphatic carbocycles. The Morgan fingerprint density at radius 2 is 2.05 bits per heavy atom. The van der Waals surface area contributed by atoms with Crippen molar-refractivity contribution in [1.82, 2.24) is 9.97 Å². The predicted octanol–water partition coefficient (Wildman–Crippen LogP) is 3.29. The third kappa shape index (κ3) is 3.90. The van der Waals surface area contributed by atoms with Crippen molar-refractivity contribution in [2.24, 2.45) is 0 Å². The number of nitrogens with one attached hydrogen (secondary N) is 1. The number of ether oxygens (including phenoxy) is 1. The van der Waals surface area contributed by atoms with Gasteiger partial charge in [0.1, 0.15) is 18.0 Å². The molecule has 0 aliphatic heterocycles. The molecule has 0 atom stereocenters. The molecule has 0 aliphatic rings. The lowest BCUT2D eigenvalue weighted by atomic mass is 10.1. The van der Waals surface area contributed by atoms with Crippen LogP contribution in [-0.4, -0.2) is 23.1 Å². The average Bonchev–Trinajstić information content (AvgIpc) is 2.45. The molecule has 1 heterocycles. The summed E-state index contributed by atoms with van der Waals surface area (Å²) in [6.45, 7) is 7.06. The van der Waals surface area contributed by atoms with Crippen molar-refractivity contribution in [3.63, 3.8) is 0 Å². The number of halogens is 1. The van der Waals surface area contributed by atoms with Crippen molar-refractivity contribution < 1.29 is 9.13 Å². The minimum Gasteiger partial charge on any atom is -0.478 e. The van der Waals surface area contributed by atoms with Crippen molar-refractivity contribution in [3.05, 3.63) is 47.0 Å². The van der Waals surface area contributed by atoms with Gasteiger partial charge < -0.3 is 10.1 Å². The molecule has 0 amide bonds. The molecule has 112 valence electrons. The summed E-state index contributed by atoms with van der Waals surface area (Å²) in [5.74, 6) is 1.18. The van der Waals surface area contributed by atoms with Crippen LogP contribution in [0.2, 0.25) is 0 Å². The highest BCUT2D eigenvalue weighted by Crippen LogP contribution is 2.20. The predicted molar refractivity (Wildman–Crippen MR) is 81.3 cm³/mol. The smallest absolute Gasteiger partial charge is 0.221 e. The van der Waals surface area contributed by atoms with E-state index in [0.29, 0.717) is 12.5 Å². The van der Waals surface area contributed by atoms with Crippen LogP contribution in [0.25, 0.3) is 0 Å². The molecule has 0 saturated heterocycles. The Hall–Kier alpha value is -2.17. The van der Waals surface area contributed by atoms with Crippen LogP contribution in [0, 0.1) is 19.7 Å². The van der Waals surface area contributed by atoms with E-state index in [0.717, 1.165) is 35.5 Å². The highest BCUT2D eigenvalue weighted by Gasteiger charge is 2.07. The fraction of sp³-hybridized carbons (Fsp3) is 0.375. The number of nitrogens with zero attached hydrogens (tertiary/aromatic N) is 2. The van der Waals surface area contributed by atoms with E-state index in [9.17, 15) is 4.39 Å². The van der Waals surface area contributed by atoms with Gasteiger partial charge in [0, 0.05) is 6.54 Å². The molecule has 2 aromatic rings. The van der Waals surface area contributed by atoms with Gasteiger partial charge in [-0.2, -0.15) is 0 Å². The number of aryl methyl sites for hydroxylation is 1. The lowest BCUT2D eigenvalue weighted by Crippen LogP contribution is -2.10. The summed E-state index contributed by atoms with van der Waals surface area (Å²) in [5, 5.41) is 3.28. The summed E-state index contributed by atoms with van der Waals surface area (Å²) in [5.41, 5.74) is 2.99. The average molecular weight is 289 g/mol. The van der Waals surface area contributed by atoms with Crippen molar-refractivity contribution in [3.8, 4) is 5.88 Å². The maximum absolute atomic E-state index is 13.1. The van der Waals surface area contributed by atoms with Gasteiger partial charge in [0.15, 0.2) is 0 Å². The number of hydrogen-bond donors (Lipinski definition) is 1. The van der Waals surface area contributed by atoms with Crippen LogP contribution < -0.4 is 10.1 Å². The third-order valence-corrected chi connectivity index (χ3v) is 3.31. The summed E-state index contributed by atoms with van der Waals surface area (Å²) in [6.07, 6.45) is 2.29. The van der Waals surface area contributed by atoms with E-state index in [4.69, 9.17) is 4.74 Å². The van der Waals surface area contributed by atoms with Gasteiger partial charge >= 0.3 is 0 Å². The largest absolute Gasteiger partial charge is 0.478 e. The Morgan fingerprint density at radius 1 is 1.24 bits per heavy atom. The molecule has 4 nitrogen and oxygen atoms in total. The van der Waals surface area contributed by atoms with Crippen LogP contribution >= 0.6 is 0 Å². The lowest BCUT2D eigenvalue weighted by molar-refractivity contribution is 0.324. The van der Waals surface area contributed by atoms with E-state index < -0.39 is 0 Å². The second-order valence-electron chi connectivity index (χ2n) is 4.83. The Labute approximate surface area is 124 Å². The van der Waals surface area contributed by atoms with E-state index in [1.54, 1.807) is 6.07 Å². The molecule has 5 heteroatoms. The second-order valence-corrected chi connectivity index (χ2v) is 4.83. The summed E-state index contributed by atoms with van der Waals surface area (Å²) in [4.78, 5) is 8.33. The molecule has 1 aromatic heterocycles. The van der Waals surface area contributed by atoms with Gasteiger partial charge in [-0.25, -0.2) is 14.4 Å². The number of aromatic nitrogens is 2. The van der Waals surface area contributed by atoms with Gasteiger partial charge in [-0.05, 0) is 50.5 Å². The van der Waals surface area contributed by atoms with E-state index in [2.05, 4.69) is 15.3 Å². The molecule has 1 aromatic carbocycles. The lowest BCUT2D eigenvalue weighted by Gasteiger charge is -2.12. The van der Waals surface area contributed by atoms with E-state index >= 15 is 0 Å². The van der Waals surface area contributed by atoms with Crippen molar-refractivity contribution in [2.45, 2.75) is 27.2 Å². The van der Waals surface area contributed by atoms with Gasteiger partial charge in [0.05, 0.1) is 12.2 Å². The normalized spacial score (nSPS) is 10.5. The molecule has 1 N–H and O–H groups in total. The minimum absolute atomic E-state index is 0.197. The topological polar surface area (TPSA) is 47.0 Å². The molecule has 0 spiro atoms. The third-order valence-electron chi connectivity index (χ3n) is 3.31. The first-order valence-corrected chi connectivity index (χ1v) is 7.05. The second kappa shape index (κ2) is 7.02. The quantitative estimate of drug-likeness (QED) is 0.886. The Balaban J connectivity index is 1.99. The summed E-state index contributed by atoms with van der Waals surface area (Å²) in [7, 11) is 0. The molecule has 0 bridgehead atoms. The first-order chi connectivity index (χ1) is 10.1. The van der Waals surface area contributed by atoms with Crippen LogP contribution in [0.1, 0.15) is 23.6 Å². The molecule has 0 fully saturated rings. The van der Waals surface area contributed by atoms with E-state index in [1.165, 1.54) is 12.4 Å². The van der Waals surface area contributed by atoms with E-state index in [-0.39, 0.29) is 5.82 Å². The first kappa shape index (κ1) is 15.2. The fourth-order valence-electron chi connectivity index (χ4n) is 2.15. The fourth-order valence-corrected chi connectivity index (χ4v) is 2.15. The van der Waals surface area contributed by atoms with E-state index in [1.807, 2.05) is 26.8 Å². The van der Waals surface area contributed by atoms with Crippen LogP contribution in [0.3, 0.4) is 0 Å².